The Balaban J connectivity index is 3.81. The van der Waals surface area contributed by atoms with E-state index in [2.05, 4.69) is 51.5 Å². The molecule has 2 nitrogen and oxygen atoms in total. The zero-order valence-electron chi connectivity index (χ0n) is 10.4. The molecule has 0 aromatic carbocycles. The molecule has 0 aliphatic heterocycles. The maximum atomic E-state index is 4.07. The molecule has 0 spiro atoms. The number of nitrogens with one attached hydrogen (secondary N) is 1. The molecule has 0 aromatic rings. The van der Waals surface area contributed by atoms with Crippen LogP contribution in [0.2, 0.25) is 0 Å². The van der Waals surface area contributed by atoms with E-state index in [0.29, 0.717) is 12.0 Å². The molecule has 0 heterocycles. The topological polar surface area (TPSA) is 15.3 Å². The van der Waals surface area contributed by atoms with Crippen LogP contribution in [-0.4, -0.2) is 37.6 Å². The molecule has 0 saturated carbocycles. The Bertz CT molecular complexity index is 164. The largest absolute Gasteiger partial charge is 0.313 e. The molecule has 14 heavy (non-hydrogen) atoms. The van der Waals surface area contributed by atoms with Gasteiger partial charge in [-0.25, -0.2) is 0 Å². The van der Waals surface area contributed by atoms with Gasteiger partial charge in [0.15, 0.2) is 0 Å². The highest BCUT2D eigenvalue weighted by molar-refractivity contribution is 4.99. The molecule has 0 rings (SSSR count). The van der Waals surface area contributed by atoms with Crippen LogP contribution in [0, 0.1) is 5.92 Å². The van der Waals surface area contributed by atoms with Crippen molar-refractivity contribution in [3.63, 3.8) is 0 Å². The summed E-state index contributed by atoms with van der Waals surface area (Å²) < 4.78 is 0. The van der Waals surface area contributed by atoms with Crippen LogP contribution in [0.4, 0.5) is 0 Å². The van der Waals surface area contributed by atoms with Gasteiger partial charge in [0.2, 0.25) is 0 Å². The van der Waals surface area contributed by atoms with Gasteiger partial charge in [0, 0.05) is 19.1 Å². The van der Waals surface area contributed by atoms with E-state index in [0.717, 1.165) is 19.6 Å². The fourth-order valence-corrected chi connectivity index (χ4v) is 1.36. The van der Waals surface area contributed by atoms with E-state index in [1.165, 1.54) is 5.57 Å². The highest BCUT2D eigenvalue weighted by atomic mass is 15.1. The highest BCUT2D eigenvalue weighted by Gasteiger charge is 2.13. The molecule has 0 aromatic heterocycles. The second-order valence-electron chi connectivity index (χ2n) is 4.43. The van der Waals surface area contributed by atoms with Crippen molar-refractivity contribution in [1.29, 1.82) is 0 Å². The summed E-state index contributed by atoms with van der Waals surface area (Å²) in [5.74, 6) is 0.701. The van der Waals surface area contributed by atoms with Gasteiger partial charge in [-0.3, -0.25) is 4.90 Å². The number of hydrogen-bond acceptors (Lipinski definition) is 2. The van der Waals surface area contributed by atoms with Crippen molar-refractivity contribution in [2.45, 2.75) is 33.7 Å². The first kappa shape index (κ1) is 13.7. The first-order chi connectivity index (χ1) is 6.49. The lowest BCUT2D eigenvalue weighted by molar-refractivity contribution is 0.223. The van der Waals surface area contributed by atoms with Crippen LogP contribution in [0.5, 0.6) is 0 Å². The first-order valence-corrected chi connectivity index (χ1v) is 5.56. The summed E-state index contributed by atoms with van der Waals surface area (Å²) in [6.45, 7) is 15.9. The quantitative estimate of drug-likeness (QED) is 0.630. The molecule has 0 radical (unpaired) electrons. The molecular formula is C12H26N2. The lowest BCUT2D eigenvalue weighted by Crippen LogP contribution is -2.36. The minimum Gasteiger partial charge on any atom is -0.313 e. The van der Waals surface area contributed by atoms with E-state index < -0.39 is 0 Å². The fourth-order valence-electron chi connectivity index (χ4n) is 1.36. The van der Waals surface area contributed by atoms with E-state index in [1.54, 1.807) is 0 Å². The molecule has 0 saturated heterocycles. The second kappa shape index (κ2) is 7.02. The third-order valence-electron chi connectivity index (χ3n) is 2.76. The van der Waals surface area contributed by atoms with Gasteiger partial charge < -0.3 is 5.32 Å². The van der Waals surface area contributed by atoms with E-state index in [9.17, 15) is 0 Å². The summed E-state index contributed by atoms with van der Waals surface area (Å²) in [5.41, 5.74) is 1.27. The molecule has 1 N–H and O–H groups in total. The Labute approximate surface area is 89.4 Å². The average Bonchev–Trinajstić information content (AvgIpc) is 2.13. The summed E-state index contributed by atoms with van der Waals surface area (Å²) in [5, 5.41) is 3.30. The number of likely N-dealkylation sites (N-methyl/N-ethyl adjacent to an activating group) is 2. The molecule has 0 aliphatic rings. The smallest absolute Gasteiger partial charge is 0.0202 e. The van der Waals surface area contributed by atoms with Crippen LogP contribution in [-0.2, 0) is 0 Å². The molecule has 0 bridgehead atoms. The lowest BCUT2D eigenvalue weighted by atomic mass is 10.0. The Morgan fingerprint density at radius 1 is 1.36 bits per heavy atom. The molecule has 0 amide bonds. The highest BCUT2D eigenvalue weighted by Crippen LogP contribution is 2.08. The molecule has 2 heteroatoms. The standard InChI is InChI=1S/C12H26N2/c1-7-13-8-11(4)9-14(6)12(5)10(2)3/h10,12-13H,4,7-9H2,1-3,5-6H3. The van der Waals surface area contributed by atoms with Gasteiger partial charge in [0.05, 0.1) is 0 Å². The molecular weight excluding hydrogens is 172 g/mol. The van der Waals surface area contributed by atoms with Gasteiger partial charge in [-0.05, 0) is 32.0 Å². The van der Waals surface area contributed by atoms with Gasteiger partial charge in [0.1, 0.15) is 0 Å². The predicted molar refractivity (Wildman–Crippen MR) is 64.6 cm³/mol. The van der Waals surface area contributed by atoms with Crippen molar-refractivity contribution in [3.05, 3.63) is 12.2 Å². The molecule has 1 atom stereocenters. The van der Waals surface area contributed by atoms with Crippen LogP contribution >= 0.6 is 0 Å². The zero-order chi connectivity index (χ0) is 11.1. The minimum atomic E-state index is 0.619. The predicted octanol–water partition coefficient (Wildman–Crippen LogP) is 2.13. The van der Waals surface area contributed by atoms with Crippen LogP contribution in [0.1, 0.15) is 27.7 Å². The molecule has 0 fully saturated rings. The summed E-state index contributed by atoms with van der Waals surface area (Å²) >= 11 is 0. The average molecular weight is 198 g/mol. The summed E-state index contributed by atoms with van der Waals surface area (Å²) in [6, 6.07) is 0.619. The Morgan fingerprint density at radius 2 is 1.93 bits per heavy atom. The normalized spacial score (nSPS) is 13.6. The van der Waals surface area contributed by atoms with E-state index in [4.69, 9.17) is 0 Å². The number of rotatable bonds is 7. The maximum Gasteiger partial charge on any atom is 0.0202 e. The van der Waals surface area contributed by atoms with Gasteiger partial charge >= 0.3 is 0 Å². The minimum absolute atomic E-state index is 0.619. The molecule has 1 unspecified atom stereocenters. The summed E-state index contributed by atoms with van der Waals surface area (Å²) in [7, 11) is 2.17. The fraction of sp³-hybridized carbons (Fsp3) is 0.833. The van der Waals surface area contributed by atoms with Crippen LogP contribution in [0.3, 0.4) is 0 Å². The Hall–Kier alpha value is -0.340. The molecule has 84 valence electrons. The third-order valence-corrected chi connectivity index (χ3v) is 2.76. The Morgan fingerprint density at radius 3 is 2.36 bits per heavy atom. The molecule has 0 aliphatic carbocycles. The van der Waals surface area contributed by atoms with Crippen molar-refractivity contribution in [1.82, 2.24) is 10.2 Å². The van der Waals surface area contributed by atoms with Crippen LogP contribution in [0.15, 0.2) is 12.2 Å². The number of hydrogen-bond donors (Lipinski definition) is 1. The zero-order valence-corrected chi connectivity index (χ0v) is 10.4. The lowest BCUT2D eigenvalue weighted by Gasteiger charge is -2.28. The van der Waals surface area contributed by atoms with Crippen molar-refractivity contribution >= 4 is 0 Å². The third kappa shape index (κ3) is 5.40. The van der Waals surface area contributed by atoms with E-state index in [-0.39, 0.29) is 0 Å². The summed E-state index contributed by atoms with van der Waals surface area (Å²) in [6.07, 6.45) is 0. The van der Waals surface area contributed by atoms with E-state index >= 15 is 0 Å². The van der Waals surface area contributed by atoms with Gasteiger partial charge in [-0.1, -0.05) is 27.4 Å². The second-order valence-corrected chi connectivity index (χ2v) is 4.43. The maximum absolute atomic E-state index is 4.07. The van der Waals surface area contributed by atoms with Crippen molar-refractivity contribution < 1.29 is 0 Å². The van der Waals surface area contributed by atoms with Crippen molar-refractivity contribution in [2.24, 2.45) is 5.92 Å². The van der Waals surface area contributed by atoms with Gasteiger partial charge in [-0.2, -0.15) is 0 Å². The SMILES string of the molecule is C=C(CNCC)CN(C)C(C)C(C)C. The monoisotopic (exact) mass is 198 g/mol. The van der Waals surface area contributed by atoms with Crippen LogP contribution in [0.25, 0.3) is 0 Å². The Kier molecular flexibility index (Phi) is 6.85. The number of nitrogens with zero attached hydrogens (tertiary/aromatic N) is 1. The van der Waals surface area contributed by atoms with Crippen molar-refractivity contribution in [3.8, 4) is 0 Å². The van der Waals surface area contributed by atoms with Gasteiger partial charge in [0.25, 0.3) is 0 Å². The first-order valence-electron chi connectivity index (χ1n) is 5.56. The summed E-state index contributed by atoms with van der Waals surface area (Å²) in [4.78, 5) is 2.37. The van der Waals surface area contributed by atoms with Crippen molar-refractivity contribution in [2.75, 3.05) is 26.7 Å². The van der Waals surface area contributed by atoms with Crippen LogP contribution < -0.4 is 5.32 Å². The van der Waals surface area contributed by atoms with Gasteiger partial charge in [-0.15, -0.1) is 0 Å². The van der Waals surface area contributed by atoms with E-state index in [1.807, 2.05) is 0 Å².